The van der Waals surface area contributed by atoms with Crippen molar-refractivity contribution in [3.8, 4) is 0 Å². The molecule has 1 aromatic rings. The van der Waals surface area contributed by atoms with Crippen molar-refractivity contribution >= 4 is 11.9 Å². The Balaban J connectivity index is 2.84. The first-order chi connectivity index (χ1) is 5.79. The number of aliphatic imine (C=N–C) groups is 1. The number of H-pyrrole nitrogens is 2. The Kier molecular flexibility index (Phi) is 1.43. The molecule has 5 nitrogen and oxygen atoms in total. The van der Waals surface area contributed by atoms with Gasteiger partial charge in [0.1, 0.15) is 5.69 Å². The summed E-state index contributed by atoms with van der Waals surface area (Å²) in [6, 6.07) is 0. The Morgan fingerprint density at radius 1 is 1.25 bits per heavy atom. The van der Waals surface area contributed by atoms with Crippen LogP contribution in [0.2, 0.25) is 0 Å². The van der Waals surface area contributed by atoms with Crippen molar-refractivity contribution in [2.45, 2.75) is 12.8 Å². The third kappa shape index (κ3) is 0.903. The van der Waals surface area contributed by atoms with E-state index in [0.29, 0.717) is 12.0 Å². The molecule has 62 valence electrons. The van der Waals surface area contributed by atoms with Crippen LogP contribution in [0.15, 0.2) is 14.6 Å². The first kappa shape index (κ1) is 7.02. The molecule has 12 heavy (non-hydrogen) atoms. The first-order valence-corrected chi connectivity index (χ1v) is 3.65. The maximum absolute atomic E-state index is 11.1. The first-order valence-electron chi connectivity index (χ1n) is 3.65. The lowest BCUT2D eigenvalue weighted by Crippen LogP contribution is -2.24. The quantitative estimate of drug-likeness (QED) is 0.554. The molecule has 0 amide bonds. The fourth-order valence-electron chi connectivity index (χ4n) is 1.23. The highest BCUT2D eigenvalue weighted by molar-refractivity contribution is 5.67. The highest BCUT2D eigenvalue weighted by Crippen LogP contribution is 2.13. The lowest BCUT2D eigenvalue weighted by Gasteiger charge is -2.05. The second-order valence-electron chi connectivity index (χ2n) is 2.59. The van der Waals surface area contributed by atoms with E-state index in [1.807, 2.05) is 0 Å². The van der Waals surface area contributed by atoms with Crippen LogP contribution in [0.25, 0.3) is 0 Å². The summed E-state index contributed by atoms with van der Waals surface area (Å²) in [5.74, 6) is 0. The lowest BCUT2D eigenvalue weighted by molar-refractivity contribution is 0.885. The Hall–Kier alpha value is -1.65. The number of nitrogens with zero attached hydrogens (tertiary/aromatic N) is 1. The molecule has 2 N–H and O–H groups in total. The number of hydrogen-bond acceptors (Lipinski definition) is 3. The van der Waals surface area contributed by atoms with E-state index in [9.17, 15) is 9.59 Å². The third-order valence-electron chi connectivity index (χ3n) is 1.81. The monoisotopic (exact) mass is 165 g/mol. The minimum atomic E-state index is -0.333. The lowest BCUT2D eigenvalue weighted by atomic mass is 10.1. The number of hydrogen-bond donors (Lipinski definition) is 2. The summed E-state index contributed by atoms with van der Waals surface area (Å²) >= 11 is 0. The molecule has 1 aliphatic rings. The normalized spacial score (nSPS) is 14.3. The van der Waals surface area contributed by atoms with E-state index in [0.717, 1.165) is 6.42 Å². The van der Waals surface area contributed by atoms with Gasteiger partial charge in [-0.2, -0.15) is 0 Å². The third-order valence-corrected chi connectivity index (χ3v) is 1.81. The van der Waals surface area contributed by atoms with Crippen molar-refractivity contribution < 1.29 is 0 Å². The summed E-state index contributed by atoms with van der Waals surface area (Å²) < 4.78 is 0. The van der Waals surface area contributed by atoms with E-state index in [2.05, 4.69) is 15.2 Å². The molecule has 1 aromatic heterocycles. The Labute approximate surface area is 67.1 Å². The maximum Gasteiger partial charge on any atom is 0.288 e. The van der Waals surface area contributed by atoms with E-state index < -0.39 is 0 Å². The fraction of sp³-hybridized carbons (Fsp3) is 0.286. The number of nitrogens with one attached hydrogen (secondary N) is 2. The number of aromatic nitrogens is 2. The predicted molar refractivity (Wildman–Crippen MR) is 44.2 cm³/mol. The molecule has 0 fully saturated rings. The van der Waals surface area contributed by atoms with E-state index in [1.54, 1.807) is 6.21 Å². The van der Waals surface area contributed by atoms with Crippen molar-refractivity contribution in [2.75, 3.05) is 0 Å². The highest BCUT2D eigenvalue weighted by atomic mass is 16.1. The molecule has 0 bridgehead atoms. The van der Waals surface area contributed by atoms with E-state index >= 15 is 0 Å². The van der Waals surface area contributed by atoms with Crippen molar-refractivity contribution in [3.05, 3.63) is 26.3 Å². The summed E-state index contributed by atoms with van der Waals surface area (Å²) in [6.07, 6.45) is 2.97. The topological polar surface area (TPSA) is 78.1 Å². The van der Waals surface area contributed by atoms with E-state index in [1.165, 1.54) is 0 Å². The smallest absolute Gasteiger partial charge is 0.268 e. The Morgan fingerprint density at radius 3 is 2.75 bits per heavy atom. The van der Waals surface area contributed by atoms with Crippen LogP contribution in [-0.2, 0) is 6.42 Å². The SMILES string of the molecule is O=c1[nH][nH]c(=O)c2c1CCC=N2. The summed E-state index contributed by atoms with van der Waals surface area (Å²) in [5.41, 5.74) is 0.160. The predicted octanol–water partition coefficient (Wildman–Crippen LogP) is -0.288. The van der Waals surface area contributed by atoms with Gasteiger partial charge < -0.3 is 0 Å². The van der Waals surface area contributed by atoms with Crippen LogP contribution >= 0.6 is 0 Å². The van der Waals surface area contributed by atoms with Gasteiger partial charge >= 0.3 is 0 Å². The van der Waals surface area contributed by atoms with Crippen LogP contribution in [0, 0.1) is 0 Å². The molecule has 1 aliphatic heterocycles. The molecule has 0 aromatic carbocycles. The van der Waals surface area contributed by atoms with Crippen LogP contribution in [0.1, 0.15) is 12.0 Å². The molecule has 2 rings (SSSR count). The molecule has 0 saturated heterocycles. The van der Waals surface area contributed by atoms with Gasteiger partial charge in [0.25, 0.3) is 11.1 Å². The fourth-order valence-corrected chi connectivity index (χ4v) is 1.23. The Morgan fingerprint density at radius 2 is 2.00 bits per heavy atom. The zero-order valence-corrected chi connectivity index (χ0v) is 6.26. The molecule has 5 heteroatoms. The number of fused-ring (bicyclic) bond motifs is 1. The highest BCUT2D eigenvalue weighted by Gasteiger charge is 2.12. The molecule has 0 aliphatic carbocycles. The van der Waals surface area contributed by atoms with E-state index in [4.69, 9.17) is 0 Å². The van der Waals surface area contributed by atoms with Gasteiger partial charge in [-0.25, -0.2) is 0 Å². The van der Waals surface area contributed by atoms with Gasteiger partial charge in [0.05, 0.1) is 5.56 Å². The van der Waals surface area contributed by atoms with Gasteiger partial charge in [-0.15, -0.1) is 0 Å². The standard InChI is InChI=1S/C7H7N3O2/c11-6-4-2-1-3-8-5(4)7(12)10-9-6/h3H,1-2H2,(H,9,11)(H,10,12). The van der Waals surface area contributed by atoms with Crippen molar-refractivity contribution in [3.63, 3.8) is 0 Å². The van der Waals surface area contributed by atoms with Gasteiger partial charge in [-0.3, -0.25) is 24.8 Å². The Bertz CT molecular complexity index is 441. The van der Waals surface area contributed by atoms with Gasteiger partial charge in [0, 0.05) is 6.21 Å². The summed E-state index contributed by atoms with van der Waals surface area (Å²) in [7, 11) is 0. The minimum Gasteiger partial charge on any atom is -0.268 e. The van der Waals surface area contributed by atoms with Crippen LogP contribution < -0.4 is 11.1 Å². The molecule has 0 unspecified atom stereocenters. The summed E-state index contributed by atoms with van der Waals surface area (Å²) in [5, 5.41) is 4.48. The van der Waals surface area contributed by atoms with Gasteiger partial charge in [0.15, 0.2) is 0 Å². The van der Waals surface area contributed by atoms with Crippen LogP contribution in [-0.4, -0.2) is 16.4 Å². The van der Waals surface area contributed by atoms with Crippen LogP contribution in [0.3, 0.4) is 0 Å². The molecule has 0 spiro atoms. The summed E-state index contributed by atoms with van der Waals surface area (Å²) in [4.78, 5) is 26.1. The molecule has 0 saturated carbocycles. The van der Waals surface area contributed by atoms with Crippen molar-refractivity contribution in [1.82, 2.24) is 10.2 Å². The van der Waals surface area contributed by atoms with Gasteiger partial charge in [-0.1, -0.05) is 0 Å². The van der Waals surface area contributed by atoms with Gasteiger partial charge in [-0.05, 0) is 12.8 Å². The average molecular weight is 165 g/mol. The average Bonchev–Trinajstić information content (AvgIpc) is 2.12. The second-order valence-corrected chi connectivity index (χ2v) is 2.59. The van der Waals surface area contributed by atoms with Crippen molar-refractivity contribution in [2.24, 2.45) is 4.99 Å². The molecular formula is C7H7N3O2. The molecule has 0 atom stereocenters. The van der Waals surface area contributed by atoms with Gasteiger partial charge in [0.2, 0.25) is 0 Å². The van der Waals surface area contributed by atoms with E-state index in [-0.39, 0.29) is 16.8 Å². The largest absolute Gasteiger partial charge is 0.288 e. The minimum absolute atomic E-state index is 0.249. The second kappa shape index (κ2) is 2.44. The zero-order chi connectivity index (χ0) is 8.55. The zero-order valence-electron chi connectivity index (χ0n) is 6.26. The van der Waals surface area contributed by atoms with Crippen molar-refractivity contribution in [1.29, 1.82) is 0 Å². The maximum atomic E-state index is 11.1. The van der Waals surface area contributed by atoms with Crippen LogP contribution in [0.4, 0.5) is 5.69 Å². The van der Waals surface area contributed by atoms with Crippen LogP contribution in [0.5, 0.6) is 0 Å². The molecule has 2 heterocycles. The number of rotatable bonds is 0. The summed E-state index contributed by atoms with van der Waals surface area (Å²) in [6.45, 7) is 0. The molecular weight excluding hydrogens is 158 g/mol. The number of aromatic amines is 2. The molecule has 0 radical (unpaired) electrons.